The molecule has 0 aliphatic heterocycles. The molecule has 0 atom stereocenters. The Morgan fingerprint density at radius 1 is 1.56 bits per heavy atom. The van der Waals surface area contributed by atoms with E-state index < -0.39 is 0 Å². The summed E-state index contributed by atoms with van der Waals surface area (Å²) in [5.41, 5.74) is 1.03. The number of H-pyrrole nitrogens is 1. The molecule has 0 aliphatic rings. The Kier molecular flexibility index (Phi) is 3.93. The number of imidazole rings is 1. The standard InChI is InChI=1S/C11H17N5O2/c1-2-5-16-10-8(13-7-14-10)9(15-11(16)18)12-4-3-6-17/h7,17H,2-6H2,1H3,(H,13,14)(H,12,15,18). The third-order valence-electron chi connectivity index (χ3n) is 2.62. The molecule has 0 aliphatic carbocycles. The fourth-order valence-corrected chi connectivity index (χ4v) is 1.81. The Balaban J connectivity index is 2.40. The monoisotopic (exact) mass is 251 g/mol. The third kappa shape index (κ3) is 2.35. The molecule has 7 heteroatoms. The molecule has 2 aromatic heterocycles. The fraction of sp³-hybridized carbons (Fsp3) is 0.545. The summed E-state index contributed by atoms with van der Waals surface area (Å²) in [4.78, 5) is 23.0. The zero-order valence-corrected chi connectivity index (χ0v) is 10.3. The summed E-state index contributed by atoms with van der Waals surface area (Å²) in [7, 11) is 0. The van der Waals surface area contributed by atoms with Crippen molar-refractivity contribution >= 4 is 17.0 Å². The largest absolute Gasteiger partial charge is 0.396 e. The molecule has 0 fully saturated rings. The van der Waals surface area contributed by atoms with Crippen LogP contribution in [0.25, 0.3) is 11.2 Å². The summed E-state index contributed by atoms with van der Waals surface area (Å²) in [5.74, 6) is 0.494. The number of nitrogens with one attached hydrogen (secondary N) is 2. The number of rotatable bonds is 6. The Hall–Kier alpha value is -1.89. The molecule has 2 heterocycles. The molecular weight excluding hydrogens is 234 g/mol. The zero-order chi connectivity index (χ0) is 13.0. The summed E-state index contributed by atoms with van der Waals surface area (Å²) >= 11 is 0. The van der Waals surface area contributed by atoms with Gasteiger partial charge >= 0.3 is 5.69 Å². The van der Waals surface area contributed by atoms with Crippen LogP contribution in [0.3, 0.4) is 0 Å². The smallest absolute Gasteiger partial charge is 0.351 e. The van der Waals surface area contributed by atoms with Crippen molar-refractivity contribution in [1.29, 1.82) is 0 Å². The maximum atomic E-state index is 11.9. The molecule has 18 heavy (non-hydrogen) atoms. The average Bonchev–Trinajstić information content (AvgIpc) is 2.83. The second kappa shape index (κ2) is 5.63. The molecule has 0 unspecified atom stereocenters. The predicted octanol–water partition coefficient (Wildman–Crippen LogP) is 0.324. The van der Waals surface area contributed by atoms with Crippen LogP contribution < -0.4 is 11.0 Å². The molecule has 7 nitrogen and oxygen atoms in total. The van der Waals surface area contributed by atoms with Crippen molar-refractivity contribution in [2.75, 3.05) is 18.5 Å². The number of fused-ring (bicyclic) bond motifs is 1. The lowest BCUT2D eigenvalue weighted by Gasteiger charge is -2.08. The van der Waals surface area contributed by atoms with Crippen molar-refractivity contribution in [2.24, 2.45) is 0 Å². The maximum Gasteiger partial charge on any atom is 0.351 e. The second-order valence-electron chi connectivity index (χ2n) is 4.00. The number of aryl methyl sites for hydroxylation is 1. The van der Waals surface area contributed by atoms with Gasteiger partial charge in [0.05, 0.1) is 6.33 Å². The van der Waals surface area contributed by atoms with E-state index >= 15 is 0 Å². The Morgan fingerprint density at radius 3 is 3.11 bits per heavy atom. The van der Waals surface area contributed by atoms with Gasteiger partial charge in [-0.2, -0.15) is 4.98 Å². The number of aliphatic hydroxyl groups excluding tert-OH is 1. The van der Waals surface area contributed by atoms with Crippen molar-refractivity contribution < 1.29 is 5.11 Å². The molecule has 0 saturated heterocycles. The van der Waals surface area contributed by atoms with Crippen molar-refractivity contribution in [3.63, 3.8) is 0 Å². The van der Waals surface area contributed by atoms with Gasteiger partial charge in [-0.1, -0.05) is 6.92 Å². The van der Waals surface area contributed by atoms with Gasteiger partial charge in [-0.05, 0) is 12.8 Å². The number of aliphatic hydroxyl groups is 1. The number of hydrogen-bond donors (Lipinski definition) is 3. The molecule has 2 rings (SSSR count). The number of aromatic amines is 1. The Bertz CT molecular complexity index is 574. The molecule has 0 aromatic carbocycles. The van der Waals surface area contributed by atoms with Crippen LogP contribution in [0.1, 0.15) is 19.8 Å². The molecule has 3 N–H and O–H groups in total. The summed E-state index contributed by atoms with van der Waals surface area (Å²) in [6.45, 7) is 3.27. The molecule has 0 bridgehead atoms. The van der Waals surface area contributed by atoms with E-state index in [2.05, 4.69) is 20.3 Å². The number of aromatic nitrogens is 4. The maximum absolute atomic E-state index is 11.9. The zero-order valence-electron chi connectivity index (χ0n) is 10.3. The van der Waals surface area contributed by atoms with E-state index in [1.807, 2.05) is 6.92 Å². The topological polar surface area (TPSA) is 95.8 Å². The normalized spacial score (nSPS) is 11.0. The lowest BCUT2D eigenvalue weighted by Crippen LogP contribution is -2.25. The van der Waals surface area contributed by atoms with Crippen molar-refractivity contribution in [2.45, 2.75) is 26.3 Å². The Labute approximate surface area is 104 Å². The lowest BCUT2D eigenvalue weighted by atomic mass is 10.4. The summed E-state index contributed by atoms with van der Waals surface area (Å²) < 4.78 is 1.56. The van der Waals surface area contributed by atoms with Crippen molar-refractivity contribution in [3.8, 4) is 0 Å². The summed E-state index contributed by atoms with van der Waals surface area (Å²) in [5, 5.41) is 11.8. The molecule has 2 aromatic rings. The quantitative estimate of drug-likeness (QED) is 0.643. The first-order chi connectivity index (χ1) is 8.77. The fourth-order valence-electron chi connectivity index (χ4n) is 1.81. The minimum Gasteiger partial charge on any atom is -0.396 e. The predicted molar refractivity (Wildman–Crippen MR) is 68.6 cm³/mol. The highest BCUT2D eigenvalue weighted by molar-refractivity contribution is 5.82. The molecule has 0 amide bonds. The van der Waals surface area contributed by atoms with Gasteiger partial charge < -0.3 is 15.4 Å². The van der Waals surface area contributed by atoms with Gasteiger partial charge in [-0.3, -0.25) is 4.57 Å². The van der Waals surface area contributed by atoms with E-state index in [0.717, 1.165) is 11.9 Å². The van der Waals surface area contributed by atoms with Crippen molar-refractivity contribution in [1.82, 2.24) is 19.5 Å². The first-order valence-electron chi connectivity index (χ1n) is 6.06. The van der Waals surface area contributed by atoms with Crippen LogP contribution >= 0.6 is 0 Å². The Morgan fingerprint density at radius 2 is 2.39 bits per heavy atom. The highest BCUT2D eigenvalue weighted by Gasteiger charge is 2.11. The third-order valence-corrected chi connectivity index (χ3v) is 2.62. The van der Waals surface area contributed by atoms with E-state index in [1.54, 1.807) is 10.9 Å². The van der Waals surface area contributed by atoms with E-state index in [0.29, 0.717) is 31.0 Å². The van der Waals surface area contributed by atoms with Gasteiger partial charge in [-0.25, -0.2) is 9.78 Å². The minimum atomic E-state index is -0.303. The molecule has 98 valence electrons. The van der Waals surface area contributed by atoms with Crippen LogP contribution in [0.5, 0.6) is 0 Å². The first kappa shape index (κ1) is 12.6. The van der Waals surface area contributed by atoms with E-state index in [9.17, 15) is 4.79 Å². The van der Waals surface area contributed by atoms with E-state index in [1.165, 1.54) is 0 Å². The second-order valence-corrected chi connectivity index (χ2v) is 4.00. The average molecular weight is 251 g/mol. The van der Waals surface area contributed by atoms with Crippen LogP contribution in [-0.2, 0) is 6.54 Å². The first-order valence-corrected chi connectivity index (χ1v) is 6.06. The van der Waals surface area contributed by atoms with Crippen LogP contribution in [0, 0.1) is 0 Å². The number of nitrogens with zero attached hydrogens (tertiary/aromatic N) is 3. The SMILES string of the molecule is CCCn1c(=O)nc(NCCCO)c2[nH]cnc21. The van der Waals surface area contributed by atoms with Crippen LogP contribution in [0.2, 0.25) is 0 Å². The van der Waals surface area contributed by atoms with Gasteiger partial charge in [0.15, 0.2) is 11.5 Å². The van der Waals surface area contributed by atoms with Crippen LogP contribution in [0.15, 0.2) is 11.1 Å². The highest BCUT2D eigenvalue weighted by atomic mass is 16.3. The van der Waals surface area contributed by atoms with E-state index in [4.69, 9.17) is 5.11 Å². The molecule has 0 spiro atoms. The number of anilines is 1. The summed E-state index contributed by atoms with van der Waals surface area (Å²) in [6.07, 6.45) is 3.01. The summed E-state index contributed by atoms with van der Waals surface area (Å²) in [6, 6.07) is 0. The molecule has 0 radical (unpaired) electrons. The van der Waals surface area contributed by atoms with Crippen LogP contribution in [0.4, 0.5) is 5.82 Å². The van der Waals surface area contributed by atoms with Gasteiger partial charge in [0.25, 0.3) is 0 Å². The lowest BCUT2D eigenvalue weighted by molar-refractivity contribution is 0.292. The highest BCUT2D eigenvalue weighted by Crippen LogP contribution is 2.15. The molecular formula is C11H17N5O2. The minimum absolute atomic E-state index is 0.103. The van der Waals surface area contributed by atoms with Gasteiger partial charge in [0.1, 0.15) is 5.52 Å². The van der Waals surface area contributed by atoms with Crippen LogP contribution in [-0.4, -0.2) is 37.8 Å². The van der Waals surface area contributed by atoms with Gasteiger partial charge in [-0.15, -0.1) is 0 Å². The van der Waals surface area contributed by atoms with Crippen molar-refractivity contribution in [3.05, 3.63) is 16.8 Å². The van der Waals surface area contributed by atoms with E-state index in [-0.39, 0.29) is 12.3 Å². The number of hydrogen-bond acceptors (Lipinski definition) is 5. The van der Waals surface area contributed by atoms with Gasteiger partial charge in [0.2, 0.25) is 0 Å². The van der Waals surface area contributed by atoms with Gasteiger partial charge in [0, 0.05) is 19.7 Å². The molecule has 0 saturated carbocycles.